The number of rotatable bonds is 3. The normalized spacial score (nSPS) is 10.2. The Hall–Kier alpha value is -2.01. The molecular formula is C12H12ClN3O2. The van der Waals surface area contributed by atoms with E-state index in [9.17, 15) is 0 Å². The van der Waals surface area contributed by atoms with Crippen molar-refractivity contribution in [2.75, 3.05) is 20.0 Å². The van der Waals surface area contributed by atoms with Crippen molar-refractivity contribution in [3.63, 3.8) is 0 Å². The number of halogens is 1. The van der Waals surface area contributed by atoms with Crippen molar-refractivity contribution in [2.45, 2.75) is 0 Å². The standard InChI is InChI=1S/C12H12ClN3O2/c1-17-10-4-3-7(13)5-8(10)9-6-11(18-2)16-12(14)15-9/h3-6H,1-2H3,(H2,14,15,16). The lowest BCUT2D eigenvalue weighted by Crippen LogP contribution is -2.00. The van der Waals surface area contributed by atoms with Crippen LogP contribution in [0.2, 0.25) is 5.02 Å². The fraction of sp³-hybridized carbons (Fsp3) is 0.167. The van der Waals surface area contributed by atoms with E-state index in [2.05, 4.69) is 9.97 Å². The van der Waals surface area contributed by atoms with Crippen LogP contribution < -0.4 is 15.2 Å². The van der Waals surface area contributed by atoms with Crippen LogP contribution in [0.5, 0.6) is 11.6 Å². The summed E-state index contributed by atoms with van der Waals surface area (Å²) in [7, 11) is 3.09. The summed E-state index contributed by atoms with van der Waals surface area (Å²) in [5.74, 6) is 1.17. The summed E-state index contributed by atoms with van der Waals surface area (Å²) in [6.45, 7) is 0. The van der Waals surface area contributed by atoms with Crippen molar-refractivity contribution >= 4 is 17.5 Å². The minimum Gasteiger partial charge on any atom is -0.496 e. The third kappa shape index (κ3) is 2.46. The summed E-state index contributed by atoms with van der Waals surface area (Å²) in [6, 6.07) is 6.93. The number of anilines is 1. The summed E-state index contributed by atoms with van der Waals surface area (Å²) in [5, 5.41) is 0.585. The molecule has 0 unspecified atom stereocenters. The Morgan fingerprint density at radius 3 is 2.56 bits per heavy atom. The third-order valence-electron chi connectivity index (χ3n) is 2.37. The molecule has 0 saturated carbocycles. The van der Waals surface area contributed by atoms with Gasteiger partial charge in [0, 0.05) is 16.7 Å². The molecule has 94 valence electrons. The van der Waals surface area contributed by atoms with Crippen molar-refractivity contribution in [1.82, 2.24) is 9.97 Å². The highest BCUT2D eigenvalue weighted by atomic mass is 35.5. The highest BCUT2D eigenvalue weighted by molar-refractivity contribution is 6.30. The molecule has 2 aromatic rings. The number of ether oxygens (including phenoxy) is 2. The second-order valence-corrected chi connectivity index (χ2v) is 3.93. The third-order valence-corrected chi connectivity index (χ3v) is 2.60. The Morgan fingerprint density at radius 2 is 1.89 bits per heavy atom. The van der Waals surface area contributed by atoms with E-state index in [0.29, 0.717) is 22.3 Å². The molecule has 0 atom stereocenters. The Balaban J connectivity index is 2.60. The van der Waals surface area contributed by atoms with Gasteiger partial charge in [0.1, 0.15) is 5.75 Å². The topological polar surface area (TPSA) is 70.3 Å². The van der Waals surface area contributed by atoms with Gasteiger partial charge < -0.3 is 15.2 Å². The van der Waals surface area contributed by atoms with Gasteiger partial charge in [0.2, 0.25) is 11.8 Å². The van der Waals surface area contributed by atoms with E-state index in [1.165, 1.54) is 7.11 Å². The van der Waals surface area contributed by atoms with Gasteiger partial charge in [0.05, 0.1) is 19.9 Å². The number of nitrogens with two attached hydrogens (primary N) is 1. The number of hydrogen-bond acceptors (Lipinski definition) is 5. The van der Waals surface area contributed by atoms with Crippen LogP contribution in [-0.2, 0) is 0 Å². The van der Waals surface area contributed by atoms with Gasteiger partial charge in [0.15, 0.2) is 0 Å². The first-order valence-electron chi connectivity index (χ1n) is 5.16. The fourth-order valence-corrected chi connectivity index (χ4v) is 1.74. The highest BCUT2D eigenvalue weighted by Crippen LogP contribution is 2.32. The maximum Gasteiger partial charge on any atom is 0.223 e. The molecule has 5 nitrogen and oxygen atoms in total. The monoisotopic (exact) mass is 265 g/mol. The van der Waals surface area contributed by atoms with Gasteiger partial charge in [-0.15, -0.1) is 0 Å². The van der Waals surface area contributed by atoms with Crippen molar-refractivity contribution in [2.24, 2.45) is 0 Å². The predicted octanol–water partition coefficient (Wildman–Crippen LogP) is 2.40. The summed E-state index contributed by atoms with van der Waals surface area (Å²) < 4.78 is 10.3. The maximum atomic E-state index is 5.98. The van der Waals surface area contributed by atoms with Crippen molar-refractivity contribution < 1.29 is 9.47 Å². The molecule has 0 aliphatic heterocycles. The first-order valence-corrected chi connectivity index (χ1v) is 5.54. The average Bonchev–Trinajstić information content (AvgIpc) is 2.38. The SMILES string of the molecule is COc1cc(-c2cc(Cl)ccc2OC)nc(N)n1. The maximum absolute atomic E-state index is 5.98. The Labute approximate surface area is 110 Å². The molecule has 0 aliphatic carbocycles. The lowest BCUT2D eigenvalue weighted by Gasteiger charge is -2.09. The zero-order valence-corrected chi connectivity index (χ0v) is 10.7. The zero-order chi connectivity index (χ0) is 13.1. The van der Waals surface area contributed by atoms with Gasteiger partial charge in [-0.3, -0.25) is 0 Å². The van der Waals surface area contributed by atoms with E-state index in [4.69, 9.17) is 26.8 Å². The predicted molar refractivity (Wildman–Crippen MR) is 70.0 cm³/mol. The molecule has 2 N–H and O–H groups in total. The van der Waals surface area contributed by atoms with Gasteiger partial charge in [-0.2, -0.15) is 4.98 Å². The first-order chi connectivity index (χ1) is 8.63. The molecule has 0 aliphatic rings. The van der Waals surface area contributed by atoms with E-state index in [1.54, 1.807) is 31.4 Å². The number of aromatic nitrogens is 2. The largest absolute Gasteiger partial charge is 0.496 e. The van der Waals surface area contributed by atoms with Crippen LogP contribution >= 0.6 is 11.6 Å². The zero-order valence-electron chi connectivity index (χ0n) is 9.98. The number of benzene rings is 1. The molecule has 1 aromatic heterocycles. The average molecular weight is 266 g/mol. The molecule has 0 radical (unpaired) electrons. The minimum absolute atomic E-state index is 0.131. The number of methoxy groups -OCH3 is 2. The van der Waals surface area contributed by atoms with Gasteiger partial charge in [-0.25, -0.2) is 4.98 Å². The van der Waals surface area contributed by atoms with E-state index in [1.807, 2.05) is 0 Å². The van der Waals surface area contributed by atoms with Crippen LogP contribution in [0.25, 0.3) is 11.3 Å². The van der Waals surface area contributed by atoms with E-state index >= 15 is 0 Å². The van der Waals surface area contributed by atoms with E-state index in [-0.39, 0.29) is 5.95 Å². The lowest BCUT2D eigenvalue weighted by molar-refractivity contribution is 0.397. The van der Waals surface area contributed by atoms with E-state index in [0.717, 1.165) is 5.56 Å². The molecule has 1 aromatic carbocycles. The van der Waals surface area contributed by atoms with Crippen molar-refractivity contribution in [1.29, 1.82) is 0 Å². The van der Waals surface area contributed by atoms with Gasteiger partial charge in [-0.05, 0) is 18.2 Å². The molecule has 2 rings (SSSR count). The molecule has 6 heteroatoms. The summed E-state index contributed by atoms with van der Waals surface area (Å²) in [5.41, 5.74) is 6.96. The molecular weight excluding hydrogens is 254 g/mol. The molecule has 0 amide bonds. The number of nitrogens with zero attached hydrogens (tertiary/aromatic N) is 2. The van der Waals surface area contributed by atoms with Crippen molar-refractivity contribution in [3.05, 3.63) is 29.3 Å². The first kappa shape index (κ1) is 12.4. The molecule has 0 saturated heterocycles. The van der Waals surface area contributed by atoms with Crippen LogP contribution in [0, 0.1) is 0 Å². The Kier molecular flexibility index (Phi) is 3.53. The molecule has 1 heterocycles. The Bertz CT molecular complexity index is 575. The van der Waals surface area contributed by atoms with Crippen LogP contribution in [-0.4, -0.2) is 24.2 Å². The summed E-state index contributed by atoms with van der Waals surface area (Å²) >= 11 is 5.98. The highest BCUT2D eigenvalue weighted by Gasteiger charge is 2.11. The van der Waals surface area contributed by atoms with Crippen LogP contribution in [0.15, 0.2) is 24.3 Å². The van der Waals surface area contributed by atoms with Crippen LogP contribution in [0.3, 0.4) is 0 Å². The minimum atomic E-state index is 0.131. The van der Waals surface area contributed by atoms with Crippen LogP contribution in [0.1, 0.15) is 0 Å². The second-order valence-electron chi connectivity index (χ2n) is 3.50. The Morgan fingerprint density at radius 1 is 1.11 bits per heavy atom. The van der Waals surface area contributed by atoms with Gasteiger partial charge in [-0.1, -0.05) is 11.6 Å². The van der Waals surface area contributed by atoms with Gasteiger partial charge >= 0.3 is 0 Å². The summed E-state index contributed by atoms with van der Waals surface area (Å²) in [4.78, 5) is 8.08. The number of hydrogen-bond donors (Lipinski definition) is 1. The summed E-state index contributed by atoms with van der Waals surface area (Å²) in [6.07, 6.45) is 0. The van der Waals surface area contributed by atoms with Crippen molar-refractivity contribution in [3.8, 4) is 22.9 Å². The second kappa shape index (κ2) is 5.10. The molecule has 18 heavy (non-hydrogen) atoms. The fourth-order valence-electron chi connectivity index (χ4n) is 1.57. The van der Waals surface area contributed by atoms with E-state index < -0.39 is 0 Å². The van der Waals surface area contributed by atoms with Crippen LogP contribution in [0.4, 0.5) is 5.95 Å². The molecule has 0 spiro atoms. The van der Waals surface area contributed by atoms with Gasteiger partial charge in [0.25, 0.3) is 0 Å². The number of nitrogen functional groups attached to an aromatic ring is 1. The smallest absolute Gasteiger partial charge is 0.223 e. The lowest BCUT2D eigenvalue weighted by atomic mass is 10.1. The quantitative estimate of drug-likeness (QED) is 0.923. The molecule has 0 fully saturated rings. The molecule has 0 bridgehead atoms.